The molecule has 0 aliphatic rings. The molecule has 2 aromatic rings. The van der Waals surface area contributed by atoms with Gasteiger partial charge in [0, 0.05) is 0 Å². The van der Waals surface area contributed by atoms with Crippen LogP contribution in [0.15, 0.2) is 34.9 Å². The molecule has 1 amide bonds. The number of hydrogen-bond acceptors (Lipinski definition) is 5. The molecule has 0 spiro atoms. The standard InChI is InChI=1S/C13H16N4O2/c1-9-16-12(19-17-9)8-15-13(18)11(14)7-10-5-3-2-4-6-10/h2-6,11H,7-8,14H2,1H3,(H,15,18). The van der Waals surface area contributed by atoms with E-state index in [-0.39, 0.29) is 12.5 Å². The van der Waals surface area contributed by atoms with Gasteiger partial charge in [-0.3, -0.25) is 4.79 Å². The molecule has 0 fully saturated rings. The molecule has 0 saturated heterocycles. The van der Waals surface area contributed by atoms with Gasteiger partial charge < -0.3 is 15.6 Å². The van der Waals surface area contributed by atoms with Gasteiger partial charge in [0.25, 0.3) is 0 Å². The second kappa shape index (κ2) is 6.10. The Balaban J connectivity index is 1.82. The van der Waals surface area contributed by atoms with Gasteiger partial charge in [0.05, 0.1) is 12.6 Å². The van der Waals surface area contributed by atoms with E-state index < -0.39 is 6.04 Å². The number of aryl methyl sites for hydroxylation is 1. The third-order valence-corrected chi connectivity index (χ3v) is 2.62. The van der Waals surface area contributed by atoms with Crippen molar-refractivity contribution in [2.75, 3.05) is 0 Å². The zero-order valence-electron chi connectivity index (χ0n) is 10.7. The first-order valence-electron chi connectivity index (χ1n) is 6.01. The van der Waals surface area contributed by atoms with Crippen molar-refractivity contribution in [3.05, 3.63) is 47.6 Å². The Hall–Kier alpha value is -2.21. The number of nitrogens with zero attached hydrogens (tertiary/aromatic N) is 2. The normalized spacial score (nSPS) is 12.1. The Kier molecular flexibility index (Phi) is 4.25. The second-order valence-electron chi connectivity index (χ2n) is 4.25. The largest absolute Gasteiger partial charge is 0.346 e. The fourth-order valence-electron chi connectivity index (χ4n) is 1.67. The molecule has 1 atom stereocenters. The molecule has 0 saturated carbocycles. The maximum Gasteiger partial charge on any atom is 0.246 e. The molecule has 1 aromatic heterocycles. The lowest BCUT2D eigenvalue weighted by Gasteiger charge is -2.11. The van der Waals surface area contributed by atoms with E-state index in [0.29, 0.717) is 18.1 Å². The van der Waals surface area contributed by atoms with Crippen molar-refractivity contribution in [3.63, 3.8) is 0 Å². The summed E-state index contributed by atoms with van der Waals surface area (Å²) in [6.45, 7) is 1.91. The number of aromatic nitrogens is 2. The Morgan fingerprint density at radius 1 is 1.42 bits per heavy atom. The van der Waals surface area contributed by atoms with Gasteiger partial charge in [0.15, 0.2) is 5.82 Å². The Morgan fingerprint density at radius 2 is 2.16 bits per heavy atom. The van der Waals surface area contributed by atoms with Crippen LogP contribution in [0.4, 0.5) is 0 Å². The van der Waals surface area contributed by atoms with Crippen molar-refractivity contribution in [1.29, 1.82) is 0 Å². The molecule has 100 valence electrons. The van der Waals surface area contributed by atoms with Crippen LogP contribution in [0.1, 0.15) is 17.3 Å². The predicted octanol–water partition coefficient (Wildman–Crippen LogP) is 0.564. The van der Waals surface area contributed by atoms with Crippen molar-refractivity contribution in [3.8, 4) is 0 Å². The average molecular weight is 260 g/mol. The summed E-state index contributed by atoms with van der Waals surface area (Å²) in [5, 5.41) is 6.31. The molecule has 6 nitrogen and oxygen atoms in total. The minimum absolute atomic E-state index is 0.197. The molecule has 19 heavy (non-hydrogen) atoms. The molecule has 1 heterocycles. The molecule has 0 aliphatic heterocycles. The second-order valence-corrected chi connectivity index (χ2v) is 4.25. The maximum atomic E-state index is 11.8. The number of rotatable bonds is 5. The number of amides is 1. The van der Waals surface area contributed by atoms with Crippen LogP contribution in [0.5, 0.6) is 0 Å². The molecule has 1 unspecified atom stereocenters. The minimum Gasteiger partial charge on any atom is -0.346 e. The lowest BCUT2D eigenvalue weighted by atomic mass is 10.1. The summed E-state index contributed by atoms with van der Waals surface area (Å²) in [6, 6.07) is 9.05. The molecule has 2 rings (SSSR count). The number of carbonyl (C=O) groups excluding carboxylic acids is 1. The summed E-state index contributed by atoms with van der Waals surface area (Å²) < 4.78 is 4.90. The first-order chi connectivity index (χ1) is 9.15. The van der Waals surface area contributed by atoms with E-state index in [1.54, 1.807) is 6.92 Å². The van der Waals surface area contributed by atoms with Gasteiger partial charge >= 0.3 is 0 Å². The topological polar surface area (TPSA) is 94.0 Å². The molecule has 0 radical (unpaired) electrons. The van der Waals surface area contributed by atoms with Crippen LogP contribution >= 0.6 is 0 Å². The van der Waals surface area contributed by atoms with Crippen LogP contribution in [0.3, 0.4) is 0 Å². The fraction of sp³-hybridized carbons (Fsp3) is 0.308. The quantitative estimate of drug-likeness (QED) is 0.819. The van der Waals surface area contributed by atoms with Crippen LogP contribution in [0.25, 0.3) is 0 Å². The molecular weight excluding hydrogens is 244 g/mol. The van der Waals surface area contributed by atoms with Crippen molar-refractivity contribution >= 4 is 5.91 Å². The zero-order valence-corrected chi connectivity index (χ0v) is 10.7. The van der Waals surface area contributed by atoms with Crippen molar-refractivity contribution in [2.24, 2.45) is 5.73 Å². The van der Waals surface area contributed by atoms with Crippen molar-refractivity contribution in [2.45, 2.75) is 25.9 Å². The smallest absolute Gasteiger partial charge is 0.246 e. The van der Waals surface area contributed by atoms with Crippen LogP contribution in [0, 0.1) is 6.92 Å². The molecule has 6 heteroatoms. The molecule has 0 aliphatic carbocycles. The molecule has 0 bridgehead atoms. The van der Waals surface area contributed by atoms with Gasteiger partial charge in [-0.15, -0.1) is 0 Å². The molecular formula is C13H16N4O2. The highest BCUT2D eigenvalue weighted by Crippen LogP contribution is 2.02. The van der Waals surface area contributed by atoms with Gasteiger partial charge in [-0.25, -0.2) is 0 Å². The number of carbonyl (C=O) groups is 1. The maximum absolute atomic E-state index is 11.8. The number of nitrogens with one attached hydrogen (secondary N) is 1. The first kappa shape index (κ1) is 13.2. The van der Waals surface area contributed by atoms with Gasteiger partial charge in [-0.05, 0) is 18.9 Å². The van der Waals surface area contributed by atoms with Gasteiger partial charge in [-0.2, -0.15) is 4.98 Å². The predicted molar refractivity (Wildman–Crippen MR) is 69.0 cm³/mol. The van der Waals surface area contributed by atoms with E-state index in [1.165, 1.54) is 0 Å². The first-order valence-corrected chi connectivity index (χ1v) is 6.01. The number of nitrogens with two attached hydrogens (primary N) is 1. The van der Waals surface area contributed by atoms with Crippen LogP contribution in [0.2, 0.25) is 0 Å². The summed E-state index contributed by atoms with van der Waals surface area (Å²) >= 11 is 0. The monoisotopic (exact) mass is 260 g/mol. The Bertz CT molecular complexity index is 539. The van der Waals surface area contributed by atoms with Crippen molar-refractivity contribution < 1.29 is 9.32 Å². The lowest BCUT2D eigenvalue weighted by Crippen LogP contribution is -2.41. The van der Waals surface area contributed by atoms with E-state index in [9.17, 15) is 4.79 Å². The summed E-state index contributed by atoms with van der Waals surface area (Å²) in [5.41, 5.74) is 6.87. The van der Waals surface area contributed by atoms with Crippen LogP contribution in [-0.4, -0.2) is 22.1 Å². The third kappa shape index (κ3) is 3.89. The van der Waals surface area contributed by atoms with Crippen molar-refractivity contribution in [1.82, 2.24) is 15.5 Å². The van der Waals surface area contributed by atoms with E-state index in [2.05, 4.69) is 15.5 Å². The molecule has 1 aromatic carbocycles. The number of benzene rings is 1. The average Bonchev–Trinajstić information content (AvgIpc) is 2.83. The molecule has 3 N–H and O–H groups in total. The Labute approximate surface area is 111 Å². The van der Waals surface area contributed by atoms with Gasteiger partial charge in [0.1, 0.15) is 0 Å². The minimum atomic E-state index is -0.591. The van der Waals surface area contributed by atoms with Crippen LogP contribution in [-0.2, 0) is 17.8 Å². The van der Waals surface area contributed by atoms with E-state index in [0.717, 1.165) is 5.56 Å². The van der Waals surface area contributed by atoms with E-state index >= 15 is 0 Å². The van der Waals surface area contributed by atoms with E-state index in [4.69, 9.17) is 10.3 Å². The van der Waals surface area contributed by atoms with E-state index in [1.807, 2.05) is 30.3 Å². The fourth-order valence-corrected chi connectivity index (χ4v) is 1.67. The third-order valence-electron chi connectivity index (χ3n) is 2.62. The van der Waals surface area contributed by atoms with Gasteiger partial charge in [-0.1, -0.05) is 35.5 Å². The SMILES string of the molecule is Cc1noc(CNC(=O)C(N)Cc2ccccc2)n1. The van der Waals surface area contributed by atoms with Crippen LogP contribution < -0.4 is 11.1 Å². The summed E-state index contributed by atoms with van der Waals surface area (Å²) in [7, 11) is 0. The summed E-state index contributed by atoms with van der Waals surface area (Å²) in [4.78, 5) is 15.8. The Morgan fingerprint density at radius 3 is 2.79 bits per heavy atom. The highest BCUT2D eigenvalue weighted by atomic mass is 16.5. The summed E-state index contributed by atoms with van der Waals surface area (Å²) in [6.07, 6.45) is 0.496. The summed E-state index contributed by atoms with van der Waals surface area (Å²) in [5.74, 6) is 0.676. The zero-order chi connectivity index (χ0) is 13.7. The van der Waals surface area contributed by atoms with Gasteiger partial charge in [0.2, 0.25) is 11.8 Å². The highest BCUT2D eigenvalue weighted by molar-refractivity contribution is 5.81. The lowest BCUT2D eigenvalue weighted by molar-refractivity contribution is -0.122. The number of hydrogen-bond donors (Lipinski definition) is 2. The highest BCUT2D eigenvalue weighted by Gasteiger charge is 2.14.